The Labute approximate surface area is 195 Å². The molecule has 8 nitrogen and oxygen atoms in total. The van der Waals surface area contributed by atoms with Crippen LogP contribution < -0.4 is 10.6 Å². The molecule has 0 unspecified atom stereocenters. The van der Waals surface area contributed by atoms with Crippen LogP contribution in [0.4, 0.5) is 17.2 Å². The number of hydrogen-bond acceptors (Lipinski definition) is 9. The Hall–Kier alpha value is -3.11. The highest BCUT2D eigenvalue weighted by atomic mass is 32.1. The third kappa shape index (κ3) is 4.28. The van der Waals surface area contributed by atoms with Crippen molar-refractivity contribution < 1.29 is 15.3 Å². The number of nitrogens with one attached hydrogen (secondary N) is 2. The summed E-state index contributed by atoms with van der Waals surface area (Å²) in [6, 6.07) is 13.1. The van der Waals surface area contributed by atoms with Crippen molar-refractivity contribution in [2.75, 3.05) is 17.2 Å². The fourth-order valence-corrected chi connectivity index (χ4v) is 5.41. The average Bonchev–Trinajstić information content (AvgIpc) is 3.35. The largest absolute Gasteiger partial charge is 0.396 e. The Morgan fingerprint density at radius 2 is 1.85 bits per heavy atom. The second-order valence-corrected chi connectivity index (χ2v) is 9.30. The predicted octanol–water partition coefficient (Wildman–Crippen LogP) is 3.32. The lowest BCUT2D eigenvalue weighted by atomic mass is 10.1. The highest BCUT2D eigenvalue weighted by molar-refractivity contribution is 7.21. The van der Waals surface area contributed by atoms with E-state index in [1.165, 1.54) is 0 Å². The molecule has 33 heavy (non-hydrogen) atoms. The number of thiazole rings is 1. The molecule has 0 spiro atoms. The molecule has 170 valence electrons. The molecular weight excluding hydrogens is 438 g/mol. The Bertz CT molecular complexity index is 1230. The lowest BCUT2D eigenvalue weighted by molar-refractivity contribution is 0.00448. The first-order valence-corrected chi connectivity index (χ1v) is 11.6. The number of aliphatic hydroxyl groups is 3. The lowest BCUT2D eigenvalue weighted by Crippen LogP contribution is -2.35. The molecule has 1 fully saturated rings. The minimum absolute atomic E-state index is 0.175. The van der Waals surface area contributed by atoms with Gasteiger partial charge in [-0.2, -0.15) is 0 Å². The van der Waals surface area contributed by atoms with Crippen molar-refractivity contribution in [2.45, 2.75) is 31.6 Å². The van der Waals surface area contributed by atoms with Crippen LogP contribution in [-0.4, -0.2) is 55.1 Å². The van der Waals surface area contributed by atoms with Crippen LogP contribution >= 0.6 is 11.3 Å². The Morgan fingerprint density at radius 1 is 1.06 bits per heavy atom. The average molecular weight is 464 g/mol. The van der Waals surface area contributed by atoms with Gasteiger partial charge in [-0.3, -0.25) is 4.98 Å². The zero-order chi connectivity index (χ0) is 22.9. The summed E-state index contributed by atoms with van der Waals surface area (Å²) in [4.78, 5) is 13.6. The van der Waals surface area contributed by atoms with Crippen LogP contribution in [0.5, 0.6) is 0 Å². The fraction of sp³-hybridized carbons (Fsp3) is 0.292. The molecule has 1 aliphatic rings. The van der Waals surface area contributed by atoms with Crippen molar-refractivity contribution in [2.24, 2.45) is 5.92 Å². The second kappa shape index (κ2) is 9.03. The molecule has 0 saturated heterocycles. The Balaban J connectivity index is 1.57. The number of hydrogen-bond donors (Lipinski definition) is 5. The Morgan fingerprint density at radius 3 is 2.58 bits per heavy atom. The van der Waals surface area contributed by atoms with Gasteiger partial charge >= 0.3 is 0 Å². The van der Waals surface area contributed by atoms with Gasteiger partial charge in [-0.15, -0.1) is 11.3 Å². The summed E-state index contributed by atoms with van der Waals surface area (Å²) in [6.45, 7) is 1.76. The molecule has 9 heteroatoms. The van der Waals surface area contributed by atoms with E-state index in [9.17, 15) is 15.3 Å². The topological polar surface area (TPSA) is 123 Å². The number of para-hydroxylation sites is 1. The molecule has 5 rings (SSSR count). The summed E-state index contributed by atoms with van der Waals surface area (Å²) in [6.07, 6.45) is 1.89. The van der Waals surface area contributed by atoms with Gasteiger partial charge in [-0.1, -0.05) is 12.1 Å². The van der Waals surface area contributed by atoms with Crippen LogP contribution in [0, 0.1) is 12.8 Å². The molecule has 1 aromatic carbocycles. The second-order valence-electron chi connectivity index (χ2n) is 8.27. The normalized spacial score (nSPS) is 22.5. The van der Waals surface area contributed by atoms with Crippen LogP contribution in [0.25, 0.3) is 20.8 Å². The number of rotatable bonds is 6. The quantitative estimate of drug-likeness (QED) is 0.295. The molecule has 3 heterocycles. The summed E-state index contributed by atoms with van der Waals surface area (Å²) in [5.74, 6) is 0.263. The number of anilines is 3. The van der Waals surface area contributed by atoms with E-state index in [0.29, 0.717) is 12.2 Å². The summed E-state index contributed by atoms with van der Waals surface area (Å²) in [5.41, 5.74) is 4.16. The first-order valence-electron chi connectivity index (χ1n) is 10.8. The Kier molecular flexibility index (Phi) is 5.94. The summed E-state index contributed by atoms with van der Waals surface area (Å²) in [7, 11) is 0. The summed E-state index contributed by atoms with van der Waals surface area (Å²) < 4.78 is 1.08. The van der Waals surface area contributed by atoms with Crippen LogP contribution in [0.3, 0.4) is 0 Å². The van der Waals surface area contributed by atoms with Crippen LogP contribution in [0.2, 0.25) is 0 Å². The summed E-state index contributed by atoms with van der Waals surface area (Å²) in [5, 5.41) is 38.0. The van der Waals surface area contributed by atoms with Crippen molar-refractivity contribution in [1.82, 2.24) is 15.0 Å². The van der Waals surface area contributed by atoms with Gasteiger partial charge < -0.3 is 26.0 Å². The SMILES string of the molecule is Cc1nc(Nc2ccncc2)cc(N[C@@H]2C[C@H](CO)[C@@H](O)[C@H]2O)c1-c1nc2ccccc2s1. The molecule has 3 aromatic heterocycles. The van der Waals surface area contributed by atoms with Gasteiger partial charge in [0.25, 0.3) is 0 Å². The van der Waals surface area contributed by atoms with Crippen LogP contribution in [0.1, 0.15) is 12.1 Å². The minimum Gasteiger partial charge on any atom is -0.396 e. The standard InChI is InChI=1S/C24H25N5O3S/c1-13-21(24-29-16-4-2-3-5-19(16)33-24)17(28-18-10-14(12-30)22(31)23(18)32)11-20(26-13)27-15-6-8-25-9-7-15/h2-9,11,14,18,22-23,30-32H,10,12H2,1H3,(H2,25,26,27,28)/t14-,18-,22-,23+/m1/s1. The monoisotopic (exact) mass is 463 g/mol. The molecule has 0 aliphatic heterocycles. The zero-order valence-electron chi connectivity index (χ0n) is 18.0. The van der Waals surface area contributed by atoms with E-state index in [1.807, 2.05) is 49.4 Å². The third-order valence-electron chi connectivity index (χ3n) is 6.04. The molecular formula is C24H25N5O3S. The van der Waals surface area contributed by atoms with E-state index >= 15 is 0 Å². The van der Waals surface area contributed by atoms with Crippen LogP contribution in [0.15, 0.2) is 54.9 Å². The lowest BCUT2D eigenvalue weighted by Gasteiger charge is -2.22. The van der Waals surface area contributed by atoms with E-state index in [-0.39, 0.29) is 12.5 Å². The van der Waals surface area contributed by atoms with E-state index in [4.69, 9.17) is 9.97 Å². The number of aryl methyl sites for hydroxylation is 1. The van der Waals surface area contributed by atoms with Crippen molar-refractivity contribution in [3.63, 3.8) is 0 Å². The number of pyridine rings is 2. The molecule has 1 aliphatic carbocycles. The molecule has 0 radical (unpaired) electrons. The number of nitrogens with zero attached hydrogens (tertiary/aromatic N) is 3. The fourth-order valence-electron chi connectivity index (χ4n) is 4.33. The third-order valence-corrected chi connectivity index (χ3v) is 7.09. The molecule has 1 saturated carbocycles. The molecule has 4 atom stereocenters. The minimum atomic E-state index is -0.990. The van der Waals surface area contributed by atoms with Gasteiger partial charge in [-0.25, -0.2) is 9.97 Å². The van der Waals surface area contributed by atoms with Gasteiger partial charge in [0.2, 0.25) is 0 Å². The van der Waals surface area contributed by atoms with E-state index < -0.39 is 18.2 Å². The highest BCUT2D eigenvalue weighted by Crippen LogP contribution is 2.39. The molecule has 4 aromatic rings. The first kappa shape index (κ1) is 21.7. The van der Waals surface area contributed by atoms with Gasteiger partial charge in [0, 0.05) is 36.7 Å². The molecule has 5 N–H and O–H groups in total. The number of aliphatic hydroxyl groups excluding tert-OH is 3. The highest BCUT2D eigenvalue weighted by Gasteiger charge is 2.41. The van der Waals surface area contributed by atoms with E-state index in [2.05, 4.69) is 15.6 Å². The van der Waals surface area contributed by atoms with E-state index in [1.54, 1.807) is 23.7 Å². The predicted molar refractivity (Wildman–Crippen MR) is 130 cm³/mol. The van der Waals surface area contributed by atoms with Gasteiger partial charge in [0.1, 0.15) is 16.9 Å². The van der Waals surface area contributed by atoms with Crippen molar-refractivity contribution in [3.8, 4) is 10.6 Å². The van der Waals surface area contributed by atoms with Crippen molar-refractivity contribution in [1.29, 1.82) is 0 Å². The van der Waals surface area contributed by atoms with Gasteiger partial charge in [0.05, 0.1) is 39.3 Å². The molecule has 0 bridgehead atoms. The maximum Gasteiger partial charge on any atom is 0.132 e. The molecule has 0 amide bonds. The number of benzene rings is 1. The van der Waals surface area contributed by atoms with Gasteiger partial charge in [0.15, 0.2) is 0 Å². The number of fused-ring (bicyclic) bond motifs is 1. The van der Waals surface area contributed by atoms with Crippen molar-refractivity contribution >= 4 is 38.7 Å². The summed E-state index contributed by atoms with van der Waals surface area (Å²) >= 11 is 1.58. The van der Waals surface area contributed by atoms with E-state index in [0.717, 1.165) is 37.9 Å². The smallest absolute Gasteiger partial charge is 0.132 e. The zero-order valence-corrected chi connectivity index (χ0v) is 18.8. The number of aromatic nitrogens is 3. The maximum absolute atomic E-state index is 10.6. The van der Waals surface area contributed by atoms with Crippen LogP contribution in [-0.2, 0) is 0 Å². The maximum atomic E-state index is 10.6. The first-order chi connectivity index (χ1) is 16.0. The van der Waals surface area contributed by atoms with Gasteiger partial charge in [-0.05, 0) is 37.6 Å². The van der Waals surface area contributed by atoms with Crippen molar-refractivity contribution in [3.05, 3.63) is 60.6 Å².